The largest absolute Gasteiger partial charge is 0.497 e. The molecule has 0 amide bonds. The zero-order chi connectivity index (χ0) is 15.3. The second-order valence-corrected chi connectivity index (χ2v) is 7.23. The van der Waals surface area contributed by atoms with Crippen molar-refractivity contribution in [1.29, 1.82) is 0 Å². The molecule has 0 heterocycles. The number of methoxy groups -OCH3 is 1. The van der Waals surface area contributed by atoms with E-state index >= 15 is 0 Å². The maximum atomic E-state index is 5.39. The van der Waals surface area contributed by atoms with Crippen LogP contribution < -0.4 is 4.74 Å². The third kappa shape index (κ3) is 1.79. The van der Waals surface area contributed by atoms with Crippen molar-refractivity contribution in [1.82, 2.24) is 0 Å². The van der Waals surface area contributed by atoms with Crippen molar-refractivity contribution in [2.75, 3.05) is 7.11 Å². The Morgan fingerprint density at radius 1 is 1.32 bits per heavy atom. The van der Waals surface area contributed by atoms with Crippen LogP contribution in [0.3, 0.4) is 0 Å². The van der Waals surface area contributed by atoms with Gasteiger partial charge in [-0.2, -0.15) is 0 Å². The fraction of sp³-hybridized carbons (Fsp3) is 0.476. The predicted molar refractivity (Wildman–Crippen MR) is 90.2 cm³/mol. The van der Waals surface area contributed by atoms with Gasteiger partial charge in [0.1, 0.15) is 5.75 Å². The average molecular weight is 292 g/mol. The highest BCUT2D eigenvalue weighted by atomic mass is 16.5. The van der Waals surface area contributed by atoms with Crippen LogP contribution in [0.4, 0.5) is 0 Å². The molecule has 0 spiro atoms. The first kappa shape index (κ1) is 13.9. The Kier molecular flexibility index (Phi) is 3.09. The summed E-state index contributed by atoms with van der Waals surface area (Å²) in [5, 5.41) is 0. The molecule has 3 aliphatic rings. The summed E-state index contributed by atoms with van der Waals surface area (Å²) in [6, 6.07) is 6.65. The lowest BCUT2D eigenvalue weighted by Gasteiger charge is -2.45. The molecule has 2 fully saturated rings. The van der Waals surface area contributed by atoms with E-state index in [0.717, 1.165) is 12.2 Å². The second kappa shape index (κ2) is 4.89. The van der Waals surface area contributed by atoms with Crippen LogP contribution >= 0.6 is 0 Å². The minimum atomic E-state index is 0.314. The van der Waals surface area contributed by atoms with Crippen LogP contribution in [-0.4, -0.2) is 7.11 Å². The number of allylic oxidation sites excluding steroid dienone is 3. The molecule has 3 atom stereocenters. The van der Waals surface area contributed by atoms with Gasteiger partial charge in [0.25, 0.3) is 0 Å². The van der Waals surface area contributed by atoms with Crippen molar-refractivity contribution in [3.05, 3.63) is 58.9 Å². The van der Waals surface area contributed by atoms with Crippen molar-refractivity contribution in [2.45, 2.75) is 44.9 Å². The lowest BCUT2D eigenvalue weighted by Crippen LogP contribution is -2.34. The van der Waals surface area contributed by atoms with E-state index in [0.29, 0.717) is 17.3 Å². The number of rotatable bonds is 1. The highest BCUT2D eigenvalue weighted by Gasteiger charge is 2.49. The summed E-state index contributed by atoms with van der Waals surface area (Å²) in [7, 11) is 1.75. The number of fused-ring (bicyclic) bond motifs is 5. The van der Waals surface area contributed by atoms with E-state index in [1.54, 1.807) is 12.7 Å². The minimum Gasteiger partial charge on any atom is -0.497 e. The van der Waals surface area contributed by atoms with Gasteiger partial charge in [0.2, 0.25) is 0 Å². The summed E-state index contributed by atoms with van der Waals surface area (Å²) in [5.41, 5.74) is 9.72. The molecule has 114 valence electrons. The zero-order valence-electron chi connectivity index (χ0n) is 13.6. The van der Waals surface area contributed by atoms with E-state index in [-0.39, 0.29) is 0 Å². The van der Waals surface area contributed by atoms with Crippen molar-refractivity contribution < 1.29 is 4.74 Å². The molecule has 4 rings (SSSR count). The van der Waals surface area contributed by atoms with Gasteiger partial charge in [-0.05, 0) is 66.9 Å². The molecule has 0 aromatic heterocycles. The molecule has 0 saturated heterocycles. The summed E-state index contributed by atoms with van der Waals surface area (Å²) in [5.74, 6) is 2.30. The highest BCUT2D eigenvalue weighted by Crippen LogP contribution is 2.61. The standard InChI is InChI=1S/C21H24O/c1-4-15-6-10-20-19-8-5-14-13-16(22-3)7-9-17(14)18(19)11-12-21(15,20)2/h7-9,13,18,20H,1,5-6,10-12H2,2-3H3/t18?,20?,21-/m1/s1. The van der Waals surface area contributed by atoms with Crippen LogP contribution in [0.15, 0.2) is 47.7 Å². The van der Waals surface area contributed by atoms with Gasteiger partial charge >= 0.3 is 0 Å². The topological polar surface area (TPSA) is 9.23 Å². The Labute approximate surface area is 133 Å². The zero-order valence-corrected chi connectivity index (χ0v) is 13.6. The molecule has 22 heavy (non-hydrogen) atoms. The fourth-order valence-electron chi connectivity index (χ4n) is 5.18. The molecule has 1 aromatic carbocycles. The molecule has 1 nitrogen and oxygen atoms in total. The van der Waals surface area contributed by atoms with Gasteiger partial charge in [-0.3, -0.25) is 0 Å². The van der Waals surface area contributed by atoms with E-state index < -0.39 is 0 Å². The van der Waals surface area contributed by atoms with Crippen molar-refractivity contribution in [3.63, 3.8) is 0 Å². The number of benzene rings is 1. The minimum absolute atomic E-state index is 0.314. The molecule has 2 saturated carbocycles. The van der Waals surface area contributed by atoms with E-state index in [1.165, 1.54) is 42.4 Å². The molecular formula is C21H24O. The van der Waals surface area contributed by atoms with Gasteiger partial charge in [-0.15, -0.1) is 5.73 Å². The third-order valence-electron chi connectivity index (χ3n) is 6.40. The predicted octanol–water partition coefficient (Wildman–Crippen LogP) is 5.18. The summed E-state index contributed by atoms with van der Waals surface area (Å²) >= 11 is 0. The lowest BCUT2D eigenvalue weighted by atomic mass is 9.59. The van der Waals surface area contributed by atoms with Crippen molar-refractivity contribution >= 4 is 0 Å². The van der Waals surface area contributed by atoms with E-state index in [4.69, 9.17) is 4.74 Å². The SMILES string of the molecule is C=C=C1CCC2C3=CCc4cc(OC)ccc4C3CC[C@]12C. The Bertz CT molecular complexity index is 705. The van der Waals surface area contributed by atoms with Gasteiger partial charge in [-0.25, -0.2) is 0 Å². The molecule has 0 radical (unpaired) electrons. The first-order valence-corrected chi connectivity index (χ1v) is 8.43. The summed E-state index contributed by atoms with van der Waals surface area (Å²) in [6.45, 7) is 6.39. The summed E-state index contributed by atoms with van der Waals surface area (Å²) < 4.78 is 5.39. The van der Waals surface area contributed by atoms with E-state index in [9.17, 15) is 0 Å². The monoisotopic (exact) mass is 292 g/mol. The van der Waals surface area contributed by atoms with Crippen LogP contribution in [0.25, 0.3) is 0 Å². The van der Waals surface area contributed by atoms with Crippen molar-refractivity contribution in [3.8, 4) is 5.75 Å². The second-order valence-electron chi connectivity index (χ2n) is 7.23. The molecule has 1 aromatic rings. The van der Waals surface area contributed by atoms with Gasteiger partial charge in [0, 0.05) is 11.3 Å². The van der Waals surface area contributed by atoms with Crippen LogP contribution in [0.2, 0.25) is 0 Å². The first-order chi connectivity index (χ1) is 10.7. The molecule has 0 bridgehead atoms. The maximum absolute atomic E-state index is 5.39. The fourth-order valence-corrected chi connectivity index (χ4v) is 5.18. The van der Waals surface area contributed by atoms with Crippen molar-refractivity contribution in [2.24, 2.45) is 11.3 Å². The Hall–Kier alpha value is -1.72. The highest BCUT2D eigenvalue weighted by molar-refractivity contribution is 5.48. The van der Waals surface area contributed by atoms with Gasteiger partial charge in [0.15, 0.2) is 0 Å². The molecular weight excluding hydrogens is 268 g/mol. The number of hydrogen-bond donors (Lipinski definition) is 0. The molecule has 1 heteroatoms. The lowest BCUT2D eigenvalue weighted by molar-refractivity contribution is 0.229. The Morgan fingerprint density at radius 3 is 2.95 bits per heavy atom. The van der Waals surface area contributed by atoms with Gasteiger partial charge in [-0.1, -0.05) is 31.2 Å². The molecule has 3 aliphatic carbocycles. The van der Waals surface area contributed by atoms with Crippen LogP contribution in [0, 0.1) is 11.3 Å². The molecule has 0 N–H and O–H groups in total. The average Bonchev–Trinajstić information content (AvgIpc) is 2.90. The smallest absolute Gasteiger partial charge is 0.119 e. The van der Waals surface area contributed by atoms with Crippen LogP contribution in [0.1, 0.15) is 49.7 Å². The van der Waals surface area contributed by atoms with Gasteiger partial charge in [0.05, 0.1) is 7.11 Å². The normalized spacial score (nSPS) is 32.5. The first-order valence-electron chi connectivity index (χ1n) is 8.43. The van der Waals surface area contributed by atoms with Crippen LogP contribution in [-0.2, 0) is 6.42 Å². The number of ether oxygens (including phenoxy) is 1. The summed E-state index contributed by atoms with van der Waals surface area (Å²) in [6.07, 6.45) is 8.55. The number of hydrogen-bond acceptors (Lipinski definition) is 1. The van der Waals surface area contributed by atoms with E-state index in [2.05, 4.69) is 43.5 Å². The van der Waals surface area contributed by atoms with Crippen LogP contribution in [0.5, 0.6) is 5.75 Å². The maximum Gasteiger partial charge on any atom is 0.119 e. The Morgan fingerprint density at radius 2 is 2.18 bits per heavy atom. The summed E-state index contributed by atoms with van der Waals surface area (Å²) in [4.78, 5) is 0. The van der Waals surface area contributed by atoms with E-state index in [1.807, 2.05) is 0 Å². The quantitative estimate of drug-likeness (QED) is 0.512. The Balaban J connectivity index is 1.75. The molecule has 0 aliphatic heterocycles. The molecule has 2 unspecified atom stereocenters. The van der Waals surface area contributed by atoms with Gasteiger partial charge < -0.3 is 4.74 Å². The third-order valence-corrected chi connectivity index (χ3v) is 6.40.